The average Bonchev–Trinajstić information content (AvgIpc) is 3.39. The number of rotatable bonds is 4. The Kier molecular flexibility index (Phi) is 5.51. The molecule has 2 aliphatic rings. The Morgan fingerprint density at radius 2 is 1.90 bits per heavy atom. The highest BCUT2D eigenvalue weighted by molar-refractivity contribution is 5.76. The topological polar surface area (TPSA) is 74.6 Å². The third kappa shape index (κ3) is 4.41. The van der Waals surface area contributed by atoms with Crippen molar-refractivity contribution in [3.05, 3.63) is 42.0 Å². The van der Waals surface area contributed by atoms with E-state index in [0.717, 1.165) is 56.2 Å². The molecule has 0 aliphatic carbocycles. The fourth-order valence-corrected chi connectivity index (χ4v) is 4.21. The van der Waals surface area contributed by atoms with Crippen LogP contribution in [0.15, 0.2) is 30.6 Å². The van der Waals surface area contributed by atoms with Gasteiger partial charge >= 0.3 is 0 Å². The standard InChI is InChI=1S/C21H28N6O2/c1-16-12-19(25-10-8-24(9-11-25)17(2)28)13-20(23-16)18-4-7-26(14-18)21(29)15-27-6-3-5-22-27/h3,5-6,12-13,18H,4,7-11,14-15H2,1-2H3/t18-/m1/s1. The molecular weight excluding hydrogens is 368 g/mol. The van der Waals surface area contributed by atoms with Gasteiger partial charge in [0.25, 0.3) is 0 Å². The lowest BCUT2D eigenvalue weighted by Gasteiger charge is -2.36. The number of amides is 2. The first-order chi connectivity index (χ1) is 14.0. The molecule has 2 fully saturated rings. The van der Waals surface area contributed by atoms with Gasteiger partial charge in [-0.3, -0.25) is 19.3 Å². The number of hydrogen-bond donors (Lipinski definition) is 0. The van der Waals surface area contributed by atoms with Crippen LogP contribution in [0.5, 0.6) is 0 Å². The number of aryl methyl sites for hydroxylation is 1. The Balaban J connectivity index is 1.41. The summed E-state index contributed by atoms with van der Waals surface area (Å²) in [5.74, 6) is 0.500. The number of aromatic nitrogens is 3. The zero-order chi connectivity index (χ0) is 20.4. The van der Waals surface area contributed by atoms with E-state index < -0.39 is 0 Å². The van der Waals surface area contributed by atoms with Crippen molar-refractivity contribution in [2.45, 2.75) is 32.7 Å². The Hall–Kier alpha value is -2.90. The van der Waals surface area contributed by atoms with Crippen LogP contribution < -0.4 is 4.90 Å². The highest BCUT2D eigenvalue weighted by atomic mass is 16.2. The van der Waals surface area contributed by atoms with Crippen LogP contribution in [0, 0.1) is 6.92 Å². The van der Waals surface area contributed by atoms with Crippen LogP contribution in [-0.2, 0) is 16.1 Å². The first-order valence-corrected chi connectivity index (χ1v) is 10.2. The van der Waals surface area contributed by atoms with Crippen LogP contribution in [0.3, 0.4) is 0 Å². The monoisotopic (exact) mass is 396 g/mol. The smallest absolute Gasteiger partial charge is 0.244 e. The maximum atomic E-state index is 12.6. The molecule has 0 unspecified atom stereocenters. The van der Waals surface area contributed by atoms with Crippen LogP contribution in [0.1, 0.15) is 30.7 Å². The molecule has 0 saturated carbocycles. The maximum Gasteiger partial charge on any atom is 0.244 e. The summed E-state index contributed by atoms with van der Waals surface area (Å²) in [6.45, 7) is 8.58. The van der Waals surface area contributed by atoms with Crippen molar-refractivity contribution in [3.63, 3.8) is 0 Å². The summed E-state index contributed by atoms with van der Waals surface area (Å²) in [5, 5.41) is 4.12. The molecule has 29 heavy (non-hydrogen) atoms. The van der Waals surface area contributed by atoms with Crippen molar-refractivity contribution in [1.82, 2.24) is 24.6 Å². The minimum atomic E-state index is 0.101. The predicted octanol–water partition coefficient (Wildman–Crippen LogP) is 1.27. The van der Waals surface area contributed by atoms with Gasteiger partial charge in [0.15, 0.2) is 0 Å². The molecular formula is C21H28N6O2. The fraction of sp³-hybridized carbons (Fsp3) is 0.524. The second-order valence-electron chi connectivity index (χ2n) is 7.91. The normalized spacial score (nSPS) is 19.7. The van der Waals surface area contributed by atoms with Gasteiger partial charge in [-0.05, 0) is 31.5 Å². The van der Waals surface area contributed by atoms with Gasteiger partial charge in [-0.25, -0.2) is 0 Å². The molecule has 8 nitrogen and oxygen atoms in total. The lowest BCUT2D eigenvalue weighted by Crippen LogP contribution is -2.48. The zero-order valence-electron chi connectivity index (χ0n) is 17.1. The number of nitrogens with zero attached hydrogens (tertiary/aromatic N) is 6. The van der Waals surface area contributed by atoms with E-state index in [4.69, 9.17) is 4.98 Å². The van der Waals surface area contributed by atoms with E-state index in [1.165, 1.54) is 0 Å². The Labute approximate surface area is 171 Å². The summed E-state index contributed by atoms with van der Waals surface area (Å²) in [6, 6.07) is 6.11. The summed E-state index contributed by atoms with van der Waals surface area (Å²) in [6.07, 6.45) is 4.43. The van der Waals surface area contributed by atoms with E-state index in [-0.39, 0.29) is 24.3 Å². The van der Waals surface area contributed by atoms with Crippen LogP contribution in [0.4, 0.5) is 5.69 Å². The molecule has 1 atom stereocenters. The molecule has 0 bridgehead atoms. The van der Waals surface area contributed by atoms with Gasteiger partial charge < -0.3 is 14.7 Å². The molecule has 2 aromatic rings. The number of likely N-dealkylation sites (tertiary alicyclic amines) is 1. The van der Waals surface area contributed by atoms with E-state index in [1.807, 2.05) is 29.0 Å². The van der Waals surface area contributed by atoms with Crippen LogP contribution in [0.25, 0.3) is 0 Å². The molecule has 2 saturated heterocycles. The molecule has 0 aromatic carbocycles. The van der Waals surface area contributed by atoms with Gasteiger partial charge in [0.1, 0.15) is 6.54 Å². The Morgan fingerprint density at radius 3 is 2.59 bits per heavy atom. The third-order valence-corrected chi connectivity index (χ3v) is 5.86. The maximum absolute atomic E-state index is 12.6. The Morgan fingerprint density at radius 1 is 1.10 bits per heavy atom. The van der Waals surface area contributed by atoms with E-state index in [9.17, 15) is 9.59 Å². The van der Waals surface area contributed by atoms with Gasteiger partial charge in [0.05, 0.1) is 0 Å². The van der Waals surface area contributed by atoms with Gasteiger partial charge in [0.2, 0.25) is 11.8 Å². The molecule has 8 heteroatoms. The predicted molar refractivity (Wildman–Crippen MR) is 110 cm³/mol. The number of carbonyl (C=O) groups is 2. The van der Waals surface area contributed by atoms with Gasteiger partial charge in [-0.1, -0.05) is 0 Å². The summed E-state index contributed by atoms with van der Waals surface area (Å²) in [7, 11) is 0. The van der Waals surface area contributed by atoms with E-state index >= 15 is 0 Å². The summed E-state index contributed by atoms with van der Waals surface area (Å²) >= 11 is 0. The van der Waals surface area contributed by atoms with E-state index in [1.54, 1.807) is 17.8 Å². The van der Waals surface area contributed by atoms with Crippen molar-refractivity contribution in [2.24, 2.45) is 0 Å². The largest absolute Gasteiger partial charge is 0.368 e. The molecule has 2 aliphatic heterocycles. The lowest BCUT2D eigenvalue weighted by molar-refractivity contribution is -0.131. The molecule has 4 heterocycles. The number of piperazine rings is 1. The van der Waals surface area contributed by atoms with E-state index in [2.05, 4.69) is 22.1 Å². The summed E-state index contributed by atoms with van der Waals surface area (Å²) in [4.78, 5) is 35.0. The fourth-order valence-electron chi connectivity index (χ4n) is 4.21. The molecule has 0 N–H and O–H groups in total. The third-order valence-electron chi connectivity index (χ3n) is 5.86. The van der Waals surface area contributed by atoms with Crippen molar-refractivity contribution >= 4 is 17.5 Å². The van der Waals surface area contributed by atoms with Gasteiger partial charge in [-0.2, -0.15) is 5.10 Å². The number of anilines is 1. The van der Waals surface area contributed by atoms with Crippen LogP contribution in [-0.4, -0.2) is 75.6 Å². The number of pyridine rings is 1. The molecule has 2 amide bonds. The first-order valence-electron chi connectivity index (χ1n) is 10.2. The summed E-state index contributed by atoms with van der Waals surface area (Å²) < 4.78 is 1.67. The Bertz CT molecular complexity index is 873. The van der Waals surface area contributed by atoms with Crippen molar-refractivity contribution in [3.8, 4) is 0 Å². The minimum absolute atomic E-state index is 0.101. The van der Waals surface area contributed by atoms with Gasteiger partial charge in [0, 0.05) is 81.6 Å². The molecule has 0 spiro atoms. The SMILES string of the molecule is CC(=O)N1CCN(c2cc(C)nc([C@@H]3CCN(C(=O)Cn4cccn4)C3)c2)CC1. The highest BCUT2D eigenvalue weighted by Gasteiger charge is 2.29. The van der Waals surface area contributed by atoms with Crippen molar-refractivity contribution in [2.75, 3.05) is 44.2 Å². The molecule has 0 radical (unpaired) electrons. The molecule has 2 aromatic heterocycles. The molecule has 154 valence electrons. The quantitative estimate of drug-likeness (QED) is 0.778. The number of hydrogen-bond acceptors (Lipinski definition) is 5. The zero-order valence-corrected chi connectivity index (χ0v) is 17.1. The molecule has 4 rings (SSSR count). The van der Waals surface area contributed by atoms with Crippen LogP contribution in [0.2, 0.25) is 0 Å². The van der Waals surface area contributed by atoms with Crippen molar-refractivity contribution in [1.29, 1.82) is 0 Å². The highest BCUT2D eigenvalue weighted by Crippen LogP contribution is 2.29. The average molecular weight is 396 g/mol. The van der Waals surface area contributed by atoms with Crippen LogP contribution >= 0.6 is 0 Å². The second kappa shape index (κ2) is 8.23. The second-order valence-corrected chi connectivity index (χ2v) is 7.91. The van der Waals surface area contributed by atoms with E-state index in [0.29, 0.717) is 6.54 Å². The lowest BCUT2D eigenvalue weighted by atomic mass is 10.0. The van der Waals surface area contributed by atoms with Crippen molar-refractivity contribution < 1.29 is 9.59 Å². The first kappa shape index (κ1) is 19.4. The summed E-state index contributed by atoms with van der Waals surface area (Å²) in [5.41, 5.74) is 3.22. The van der Waals surface area contributed by atoms with Gasteiger partial charge in [-0.15, -0.1) is 0 Å². The number of carbonyl (C=O) groups excluding carboxylic acids is 2. The minimum Gasteiger partial charge on any atom is -0.368 e.